The number of benzene rings is 4. The molecule has 0 aliphatic carbocycles. The topological polar surface area (TPSA) is 85.6 Å². The van der Waals surface area contributed by atoms with Gasteiger partial charge in [-0.3, -0.25) is 4.79 Å². The maximum absolute atomic E-state index is 14.1. The summed E-state index contributed by atoms with van der Waals surface area (Å²) in [4.78, 5) is 16.5. The van der Waals surface area contributed by atoms with Gasteiger partial charge in [0.05, 0.1) is 31.7 Å². The van der Waals surface area contributed by atoms with Crippen LogP contribution in [0.4, 0.5) is 22.0 Å². The number of carbonyl (C=O) groups is 1. The van der Waals surface area contributed by atoms with Gasteiger partial charge in [-0.25, -0.2) is 26.9 Å². The van der Waals surface area contributed by atoms with E-state index in [0.29, 0.717) is 12.1 Å². The molecule has 0 radical (unpaired) electrons. The number of aliphatic hydroxyl groups is 1. The van der Waals surface area contributed by atoms with E-state index in [2.05, 4.69) is 10.3 Å². The number of nitrogens with zero attached hydrogens (tertiary/aromatic N) is 2. The molecule has 4 aromatic carbocycles. The molecule has 0 bridgehead atoms. The van der Waals surface area contributed by atoms with Crippen molar-refractivity contribution < 1.29 is 41.3 Å². The molecule has 50 heavy (non-hydrogen) atoms. The van der Waals surface area contributed by atoms with Crippen LogP contribution < -0.4 is 5.32 Å². The first-order valence-electron chi connectivity index (χ1n) is 15.3. The average molecular weight is 733 g/mol. The van der Waals surface area contributed by atoms with Gasteiger partial charge in [-0.1, -0.05) is 96.9 Å². The predicted molar refractivity (Wildman–Crippen MR) is 174 cm³/mol. The third-order valence-corrected chi connectivity index (χ3v) is 9.34. The van der Waals surface area contributed by atoms with E-state index >= 15 is 0 Å². The molecule has 1 aliphatic rings. The van der Waals surface area contributed by atoms with Crippen LogP contribution in [-0.4, -0.2) is 26.7 Å². The van der Waals surface area contributed by atoms with Crippen molar-refractivity contribution in [1.82, 2.24) is 14.9 Å². The first-order chi connectivity index (χ1) is 24.0. The van der Waals surface area contributed by atoms with Crippen molar-refractivity contribution in [2.75, 3.05) is 0 Å². The third kappa shape index (κ3) is 7.12. The van der Waals surface area contributed by atoms with Gasteiger partial charge < -0.3 is 24.5 Å². The highest BCUT2D eigenvalue weighted by Gasteiger charge is 2.39. The quantitative estimate of drug-likeness (QED) is 0.0903. The predicted octanol–water partition coefficient (Wildman–Crippen LogP) is 8.47. The van der Waals surface area contributed by atoms with Crippen LogP contribution in [0.2, 0.25) is 10.3 Å². The van der Waals surface area contributed by atoms with Crippen LogP contribution >= 0.6 is 23.2 Å². The van der Waals surface area contributed by atoms with Crippen molar-refractivity contribution in [1.29, 1.82) is 0 Å². The smallest absolute Gasteiger partial charge is 0.257 e. The van der Waals surface area contributed by atoms with Gasteiger partial charge in [-0.15, -0.1) is 0 Å². The monoisotopic (exact) mass is 731 g/mol. The zero-order chi connectivity index (χ0) is 35.7. The first-order valence-corrected chi connectivity index (χ1v) is 16.1. The fraction of sp³-hybridized carbons (Fsp3) is 0.222. The number of hydrogen-bond donors (Lipinski definition) is 2. The van der Waals surface area contributed by atoms with Crippen molar-refractivity contribution in [3.05, 3.63) is 146 Å². The summed E-state index contributed by atoms with van der Waals surface area (Å²) in [6.45, 7) is 2.04. The summed E-state index contributed by atoms with van der Waals surface area (Å²) in [6.07, 6.45) is 0.0361. The number of aromatic nitrogens is 2. The summed E-state index contributed by atoms with van der Waals surface area (Å²) in [6, 6.07) is 21.7. The molecule has 4 unspecified atom stereocenters. The zero-order valence-electron chi connectivity index (χ0n) is 26.1. The molecule has 1 fully saturated rings. The van der Waals surface area contributed by atoms with E-state index in [1.165, 1.54) is 0 Å². The maximum atomic E-state index is 14.1. The van der Waals surface area contributed by atoms with Crippen molar-refractivity contribution in [2.24, 2.45) is 5.92 Å². The number of rotatable bonds is 9. The van der Waals surface area contributed by atoms with E-state index in [1.807, 2.05) is 61.5 Å². The van der Waals surface area contributed by atoms with Gasteiger partial charge in [0.15, 0.2) is 34.7 Å². The van der Waals surface area contributed by atoms with E-state index in [9.17, 15) is 31.9 Å². The van der Waals surface area contributed by atoms with Crippen molar-refractivity contribution >= 4 is 29.1 Å². The van der Waals surface area contributed by atoms with E-state index in [4.69, 9.17) is 32.7 Å². The maximum Gasteiger partial charge on any atom is 0.257 e. The molecule has 2 heterocycles. The number of amides is 1. The highest BCUT2D eigenvalue weighted by atomic mass is 35.5. The second-order valence-corrected chi connectivity index (χ2v) is 12.5. The Morgan fingerprint density at radius 2 is 1.48 bits per heavy atom. The van der Waals surface area contributed by atoms with Crippen LogP contribution in [0, 0.1) is 35.0 Å². The lowest BCUT2D eigenvalue weighted by molar-refractivity contribution is -0.276. The second kappa shape index (κ2) is 14.9. The van der Waals surface area contributed by atoms with Crippen molar-refractivity contribution in [2.45, 2.75) is 45.1 Å². The van der Waals surface area contributed by atoms with Crippen molar-refractivity contribution in [3.8, 4) is 11.1 Å². The normalized spacial score (nSPS) is 19.1. The van der Waals surface area contributed by atoms with E-state index < -0.39 is 46.8 Å². The molecule has 1 amide bonds. The zero-order valence-corrected chi connectivity index (χ0v) is 27.7. The van der Waals surface area contributed by atoms with Gasteiger partial charge in [0.1, 0.15) is 10.7 Å². The summed E-state index contributed by atoms with van der Waals surface area (Å²) < 4.78 is 83.5. The number of hydrogen-bond acceptors (Lipinski definition) is 5. The first kappa shape index (κ1) is 35.5. The highest BCUT2D eigenvalue weighted by Crippen LogP contribution is 2.43. The number of aliphatic hydroxyl groups excluding tert-OH is 1. The Kier molecular flexibility index (Phi) is 10.6. The number of ether oxygens (including phenoxy) is 2. The molecule has 6 rings (SSSR count). The molecule has 1 aliphatic heterocycles. The number of halogens is 7. The number of nitrogens with one attached hydrogen (secondary N) is 1. The molecule has 7 nitrogen and oxygen atoms in total. The fourth-order valence-corrected chi connectivity index (χ4v) is 6.07. The highest BCUT2D eigenvalue weighted by molar-refractivity contribution is 6.40. The average Bonchev–Trinajstić information content (AvgIpc) is 3.45. The standard InChI is InChI=1S/C36H28Cl2F5N3O4/c1-18-25(15-46-17-45-33(37)34(46)38)49-36(50-32(18)22-7-5-19(16-47)6-8-22)23-11-9-21(10-12-23)24-4-2-3-20(13-24)14-44-35(48)26-27(39)29(41)31(43)30(42)28(26)40/h2-13,17-18,25,32,36,47H,14-16H2,1H3,(H,44,48). The Morgan fingerprint density at radius 3 is 2.10 bits per heavy atom. The Morgan fingerprint density at radius 1 is 0.840 bits per heavy atom. The lowest BCUT2D eigenvalue weighted by Crippen LogP contribution is -2.39. The number of carbonyl (C=O) groups excluding carboxylic acids is 1. The number of imidazole rings is 1. The molecular formula is C36H28Cl2F5N3O4. The van der Waals surface area contributed by atoms with E-state index in [0.717, 1.165) is 27.8 Å². The lowest BCUT2D eigenvalue weighted by atomic mass is 9.90. The van der Waals surface area contributed by atoms with E-state index in [-0.39, 0.29) is 41.6 Å². The molecule has 0 saturated carbocycles. The summed E-state index contributed by atoms with van der Waals surface area (Å²) in [7, 11) is 0. The minimum Gasteiger partial charge on any atom is -0.392 e. The molecule has 14 heteroatoms. The van der Waals surface area contributed by atoms with Crippen LogP contribution in [0.1, 0.15) is 51.9 Å². The van der Waals surface area contributed by atoms with Gasteiger partial charge >= 0.3 is 0 Å². The van der Waals surface area contributed by atoms with Crippen LogP contribution in [-0.2, 0) is 29.2 Å². The molecule has 260 valence electrons. The van der Waals surface area contributed by atoms with Gasteiger partial charge in [-0.05, 0) is 33.9 Å². The van der Waals surface area contributed by atoms with Crippen LogP contribution in [0.5, 0.6) is 0 Å². The fourth-order valence-electron chi connectivity index (χ4n) is 5.76. The Labute approximate surface area is 293 Å². The van der Waals surface area contributed by atoms with Gasteiger partial charge in [0, 0.05) is 18.0 Å². The largest absolute Gasteiger partial charge is 0.392 e. The lowest BCUT2D eigenvalue weighted by Gasteiger charge is -2.41. The Balaban J connectivity index is 1.20. The van der Waals surface area contributed by atoms with Gasteiger partial charge in [0.25, 0.3) is 5.91 Å². The summed E-state index contributed by atoms with van der Waals surface area (Å²) >= 11 is 12.4. The molecule has 5 aromatic rings. The molecular weight excluding hydrogens is 704 g/mol. The van der Waals surface area contributed by atoms with Gasteiger partial charge in [-0.2, -0.15) is 0 Å². The molecule has 0 spiro atoms. The molecule has 1 saturated heterocycles. The van der Waals surface area contributed by atoms with Crippen molar-refractivity contribution in [3.63, 3.8) is 0 Å². The summed E-state index contributed by atoms with van der Waals surface area (Å²) in [5, 5.41) is 12.2. The van der Waals surface area contributed by atoms with Crippen LogP contribution in [0.25, 0.3) is 11.1 Å². The minimum atomic E-state index is -2.34. The molecule has 1 aromatic heterocycles. The van der Waals surface area contributed by atoms with Gasteiger partial charge in [0.2, 0.25) is 5.82 Å². The third-order valence-electron chi connectivity index (χ3n) is 8.57. The second-order valence-electron chi connectivity index (χ2n) is 11.8. The van der Waals surface area contributed by atoms with Crippen LogP contribution in [0.3, 0.4) is 0 Å². The SMILES string of the molecule is CC1C(Cn2cnc(Cl)c2Cl)OC(c2ccc(-c3cccc(CNC(=O)c4c(F)c(F)c(F)c(F)c4F)c3)cc2)OC1c1ccc(CO)cc1. The van der Waals surface area contributed by atoms with E-state index in [1.54, 1.807) is 29.1 Å². The summed E-state index contributed by atoms with van der Waals surface area (Å²) in [5.74, 6) is -12.7. The minimum absolute atomic E-state index is 0.0854. The molecule has 4 atom stereocenters. The summed E-state index contributed by atoms with van der Waals surface area (Å²) in [5.41, 5.74) is 2.85. The van der Waals surface area contributed by atoms with Crippen LogP contribution in [0.15, 0.2) is 79.1 Å². The Hall–Kier alpha value is -4.33. The Bertz CT molecular complexity index is 2000. The molecule has 2 N–H and O–H groups in total.